The molecule has 0 spiro atoms. The first-order chi connectivity index (χ1) is 9.99. The van der Waals surface area contributed by atoms with Crippen molar-refractivity contribution in [2.45, 2.75) is 46.1 Å². The summed E-state index contributed by atoms with van der Waals surface area (Å²) in [5.41, 5.74) is 0.593. The second-order valence-electron chi connectivity index (χ2n) is 5.27. The lowest BCUT2D eigenvalue weighted by Gasteiger charge is -2.16. The van der Waals surface area contributed by atoms with Crippen molar-refractivity contribution < 1.29 is 9.59 Å². The third-order valence-corrected chi connectivity index (χ3v) is 3.38. The Balaban J connectivity index is 2.80. The number of hydrogen-bond donors (Lipinski definition) is 1. The number of rotatable bonds is 7. The van der Waals surface area contributed by atoms with Crippen LogP contribution in [-0.4, -0.2) is 41.3 Å². The van der Waals surface area contributed by atoms with Crippen molar-refractivity contribution in [2.75, 3.05) is 13.6 Å². The van der Waals surface area contributed by atoms with Crippen molar-refractivity contribution in [2.24, 2.45) is 0 Å². The first-order valence-corrected chi connectivity index (χ1v) is 7.53. The summed E-state index contributed by atoms with van der Waals surface area (Å²) in [6.45, 7) is 6.71. The van der Waals surface area contributed by atoms with Crippen molar-refractivity contribution in [3.8, 4) is 0 Å². The molecule has 0 aromatic carbocycles. The number of amides is 2. The molecule has 0 aliphatic rings. The lowest BCUT2D eigenvalue weighted by Crippen LogP contribution is -2.33. The number of unbranched alkanes of at least 4 members (excludes halogenated alkanes) is 1. The van der Waals surface area contributed by atoms with E-state index in [9.17, 15) is 9.59 Å². The van der Waals surface area contributed by atoms with Crippen molar-refractivity contribution >= 4 is 11.8 Å². The molecule has 0 radical (unpaired) electrons. The Labute approximate surface area is 126 Å². The molecule has 1 unspecified atom stereocenters. The maximum atomic E-state index is 12.2. The summed E-state index contributed by atoms with van der Waals surface area (Å²) in [6, 6.07) is 5.05. The zero-order valence-electron chi connectivity index (χ0n) is 13.3. The van der Waals surface area contributed by atoms with Gasteiger partial charge >= 0.3 is 0 Å². The highest BCUT2D eigenvalue weighted by Gasteiger charge is 2.16. The fourth-order valence-corrected chi connectivity index (χ4v) is 1.77. The van der Waals surface area contributed by atoms with Gasteiger partial charge in [0.2, 0.25) is 0 Å². The molecule has 1 rings (SSSR count). The van der Waals surface area contributed by atoms with E-state index in [1.54, 1.807) is 30.1 Å². The molecule has 1 aromatic heterocycles. The van der Waals surface area contributed by atoms with E-state index in [1.165, 1.54) is 0 Å². The Morgan fingerprint density at radius 2 is 1.95 bits per heavy atom. The van der Waals surface area contributed by atoms with Crippen LogP contribution in [0.5, 0.6) is 0 Å². The molecule has 1 heterocycles. The van der Waals surface area contributed by atoms with Crippen molar-refractivity contribution in [3.05, 3.63) is 29.6 Å². The molecule has 0 saturated heterocycles. The average molecular weight is 291 g/mol. The normalized spacial score (nSPS) is 11.8. The minimum absolute atomic E-state index is 0.0888. The van der Waals surface area contributed by atoms with Crippen LogP contribution in [0.15, 0.2) is 18.2 Å². The molecule has 1 aromatic rings. The van der Waals surface area contributed by atoms with Crippen LogP contribution in [0.1, 0.15) is 61.0 Å². The molecule has 0 aliphatic carbocycles. The molecule has 5 heteroatoms. The molecule has 1 atom stereocenters. The predicted octanol–water partition coefficient (Wildman–Crippen LogP) is 2.48. The fraction of sp³-hybridized carbons (Fsp3) is 0.562. The Morgan fingerprint density at radius 1 is 1.29 bits per heavy atom. The largest absolute Gasteiger partial charge is 0.348 e. The second-order valence-corrected chi connectivity index (χ2v) is 5.27. The minimum atomic E-state index is -0.241. The molecule has 21 heavy (non-hydrogen) atoms. The van der Waals surface area contributed by atoms with Crippen LogP contribution in [-0.2, 0) is 0 Å². The molecule has 2 amide bonds. The topological polar surface area (TPSA) is 62.3 Å². The molecule has 0 bridgehead atoms. The number of pyridine rings is 1. The predicted molar refractivity (Wildman–Crippen MR) is 83.3 cm³/mol. The quantitative estimate of drug-likeness (QED) is 0.839. The van der Waals surface area contributed by atoms with Gasteiger partial charge in [-0.05, 0) is 31.9 Å². The van der Waals surface area contributed by atoms with E-state index in [0.29, 0.717) is 12.2 Å². The zero-order valence-corrected chi connectivity index (χ0v) is 13.3. The van der Waals surface area contributed by atoms with Gasteiger partial charge in [-0.25, -0.2) is 4.98 Å². The molecule has 0 saturated carbocycles. The lowest BCUT2D eigenvalue weighted by molar-refractivity contribution is 0.0787. The van der Waals surface area contributed by atoms with Crippen molar-refractivity contribution in [3.63, 3.8) is 0 Å². The summed E-state index contributed by atoms with van der Waals surface area (Å²) < 4.78 is 0. The molecule has 0 fully saturated rings. The molecular formula is C16H25N3O2. The third-order valence-electron chi connectivity index (χ3n) is 3.38. The van der Waals surface area contributed by atoms with E-state index >= 15 is 0 Å². The van der Waals surface area contributed by atoms with E-state index in [1.807, 2.05) is 13.8 Å². The van der Waals surface area contributed by atoms with E-state index in [4.69, 9.17) is 0 Å². The Morgan fingerprint density at radius 3 is 2.57 bits per heavy atom. The van der Waals surface area contributed by atoms with Gasteiger partial charge in [0.25, 0.3) is 11.8 Å². The maximum absolute atomic E-state index is 12.2. The van der Waals surface area contributed by atoms with Gasteiger partial charge in [0, 0.05) is 19.6 Å². The summed E-state index contributed by atoms with van der Waals surface area (Å²) in [5, 5.41) is 2.85. The van der Waals surface area contributed by atoms with Gasteiger partial charge in [-0.15, -0.1) is 0 Å². The molecule has 0 aliphatic heterocycles. The smallest absolute Gasteiger partial charge is 0.272 e. The number of carbonyl (C=O) groups excluding carboxylic acids is 2. The van der Waals surface area contributed by atoms with Gasteiger partial charge in [0.05, 0.1) is 0 Å². The van der Waals surface area contributed by atoms with E-state index < -0.39 is 0 Å². The standard InChI is InChI=1S/C16H25N3O2/c1-5-7-11-19(4)16(21)14-10-8-9-13(18-14)15(20)17-12(3)6-2/h8-10,12H,5-7,11H2,1-4H3,(H,17,20). The van der Waals surface area contributed by atoms with Crippen LogP contribution in [0.2, 0.25) is 0 Å². The fourth-order valence-electron chi connectivity index (χ4n) is 1.77. The Hall–Kier alpha value is -1.91. The van der Waals surface area contributed by atoms with Crippen molar-refractivity contribution in [1.82, 2.24) is 15.2 Å². The summed E-state index contributed by atoms with van der Waals surface area (Å²) in [7, 11) is 1.76. The zero-order chi connectivity index (χ0) is 15.8. The summed E-state index contributed by atoms with van der Waals surface area (Å²) in [6.07, 6.45) is 2.84. The van der Waals surface area contributed by atoms with E-state index in [0.717, 1.165) is 19.3 Å². The van der Waals surface area contributed by atoms with Gasteiger partial charge in [0.15, 0.2) is 0 Å². The van der Waals surface area contributed by atoms with Crippen LogP contribution in [0.3, 0.4) is 0 Å². The lowest BCUT2D eigenvalue weighted by atomic mass is 10.2. The summed E-state index contributed by atoms with van der Waals surface area (Å²) in [5.74, 6) is -0.392. The molecule has 116 valence electrons. The SMILES string of the molecule is CCCCN(C)C(=O)c1cccc(C(=O)NC(C)CC)n1. The van der Waals surface area contributed by atoms with Gasteiger partial charge in [-0.2, -0.15) is 0 Å². The molecular weight excluding hydrogens is 266 g/mol. The second kappa shape index (κ2) is 8.39. The monoisotopic (exact) mass is 291 g/mol. The number of nitrogens with one attached hydrogen (secondary N) is 1. The van der Waals surface area contributed by atoms with E-state index in [2.05, 4.69) is 17.2 Å². The number of aromatic nitrogens is 1. The van der Waals surface area contributed by atoms with Crippen LogP contribution in [0, 0.1) is 0 Å². The highest BCUT2D eigenvalue weighted by atomic mass is 16.2. The number of hydrogen-bond acceptors (Lipinski definition) is 3. The highest BCUT2D eigenvalue weighted by molar-refractivity contribution is 5.96. The van der Waals surface area contributed by atoms with E-state index in [-0.39, 0.29) is 23.6 Å². The summed E-state index contributed by atoms with van der Waals surface area (Å²) in [4.78, 5) is 30.1. The molecule has 1 N–H and O–H groups in total. The highest BCUT2D eigenvalue weighted by Crippen LogP contribution is 2.05. The van der Waals surface area contributed by atoms with Crippen LogP contribution >= 0.6 is 0 Å². The number of carbonyl (C=O) groups is 2. The Kier molecular flexibility index (Phi) is 6.85. The first kappa shape index (κ1) is 17.1. The maximum Gasteiger partial charge on any atom is 0.272 e. The number of nitrogens with zero attached hydrogens (tertiary/aromatic N) is 2. The molecule has 5 nitrogen and oxygen atoms in total. The van der Waals surface area contributed by atoms with Gasteiger partial charge in [0.1, 0.15) is 11.4 Å². The third kappa shape index (κ3) is 5.17. The van der Waals surface area contributed by atoms with Gasteiger partial charge in [-0.1, -0.05) is 26.3 Å². The Bertz CT molecular complexity index is 488. The summed E-state index contributed by atoms with van der Waals surface area (Å²) >= 11 is 0. The van der Waals surface area contributed by atoms with Gasteiger partial charge in [-0.3, -0.25) is 9.59 Å². The van der Waals surface area contributed by atoms with Crippen LogP contribution in [0.4, 0.5) is 0 Å². The van der Waals surface area contributed by atoms with Crippen molar-refractivity contribution in [1.29, 1.82) is 0 Å². The minimum Gasteiger partial charge on any atom is -0.348 e. The van der Waals surface area contributed by atoms with Gasteiger partial charge < -0.3 is 10.2 Å². The van der Waals surface area contributed by atoms with Crippen LogP contribution < -0.4 is 5.32 Å². The average Bonchev–Trinajstić information content (AvgIpc) is 2.51. The van der Waals surface area contributed by atoms with Crippen LogP contribution in [0.25, 0.3) is 0 Å². The first-order valence-electron chi connectivity index (χ1n) is 7.53.